The quantitative estimate of drug-likeness (QED) is 0.125. The molecule has 0 N–H and O–H groups in total. The van der Waals surface area contributed by atoms with Gasteiger partial charge in [-0.3, -0.25) is 0 Å². The SMILES string of the molecule is c1ccc2c(-c3ccc4c(-c5ccc6c7ccccc7c7ccccc7c6c5)c5ccccc5c(-c5ccc6ccc7cccc8ccc5c6c78)c4c3)cccc2c1. The molecule has 0 aliphatic carbocycles. The molecular weight excluding hydrogens is 697 g/mol. The average molecular weight is 731 g/mol. The fourth-order valence-corrected chi connectivity index (χ4v) is 10.4. The molecule has 0 saturated heterocycles. The Labute approximate surface area is 335 Å². The molecule has 266 valence electrons. The summed E-state index contributed by atoms with van der Waals surface area (Å²) in [5.41, 5.74) is 7.53. The third-order valence-electron chi connectivity index (χ3n) is 13.0. The second-order valence-corrected chi connectivity index (χ2v) is 15.9. The molecule has 0 atom stereocenters. The van der Waals surface area contributed by atoms with Crippen LogP contribution in [-0.2, 0) is 0 Å². The molecule has 0 aliphatic heterocycles. The van der Waals surface area contributed by atoms with Crippen LogP contribution in [0, 0.1) is 0 Å². The Morgan fingerprint density at radius 3 is 1.38 bits per heavy atom. The molecule has 0 aromatic heterocycles. The Bertz CT molecular complexity index is 3790. The predicted octanol–water partition coefficient (Wildman–Crippen LogP) is 16.5. The maximum absolute atomic E-state index is 2.48. The van der Waals surface area contributed by atoms with Gasteiger partial charge in [0.1, 0.15) is 0 Å². The molecule has 13 aromatic carbocycles. The second-order valence-electron chi connectivity index (χ2n) is 15.9. The molecule has 0 fully saturated rings. The molecule has 0 spiro atoms. The van der Waals surface area contributed by atoms with Crippen LogP contribution in [0.5, 0.6) is 0 Å². The molecule has 0 heterocycles. The normalized spacial score (nSPS) is 12.1. The van der Waals surface area contributed by atoms with Gasteiger partial charge in [0.15, 0.2) is 0 Å². The second kappa shape index (κ2) is 12.0. The van der Waals surface area contributed by atoms with Crippen LogP contribution in [0.25, 0.3) is 130 Å². The fourth-order valence-electron chi connectivity index (χ4n) is 10.4. The van der Waals surface area contributed by atoms with Gasteiger partial charge in [-0.15, -0.1) is 0 Å². The topological polar surface area (TPSA) is 0 Å². The summed E-state index contributed by atoms with van der Waals surface area (Å²) in [6.45, 7) is 0. The fraction of sp³-hybridized carbons (Fsp3) is 0. The standard InChI is InChI=1S/C58H34/c1-2-15-41-35(11-1)12-10-22-42(41)39-27-32-52-54(33-39)58(51-31-26-38-24-23-36-13-9-14-37-25-30-50(51)57(38)55(36)37)49-21-8-7-20-48(49)56(52)40-28-29-47-45-18-4-3-16-43(45)44-17-5-6-19-46(44)53(47)34-40/h1-34H. The van der Waals surface area contributed by atoms with Crippen molar-refractivity contribution in [2.75, 3.05) is 0 Å². The first kappa shape index (κ1) is 31.6. The van der Waals surface area contributed by atoms with Gasteiger partial charge in [-0.1, -0.05) is 194 Å². The Morgan fingerprint density at radius 2 is 0.638 bits per heavy atom. The maximum Gasteiger partial charge on any atom is -0.00199 e. The van der Waals surface area contributed by atoms with Crippen molar-refractivity contribution in [3.63, 3.8) is 0 Å². The molecule has 0 nitrogen and oxygen atoms in total. The molecule has 0 amide bonds. The van der Waals surface area contributed by atoms with Crippen molar-refractivity contribution in [3.8, 4) is 33.4 Å². The summed E-state index contributed by atoms with van der Waals surface area (Å²) in [6, 6.07) is 77.3. The van der Waals surface area contributed by atoms with Crippen LogP contribution in [0.15, 0.2) is 206 Å². The van der Waals surface area contributed by atoms with E-state index in [1.54, 1.807) is 0 Å². The lowest BCUT2D eigenvalue weighted by Gasteiger charge is -2.21. The van der Waals surface area contributed by atoms with Crippen LogP contribution < -0.4 is 0 Å². The summed E-state index contributed by atoms with van der Waals surface area (Å²) in [6.07, 6.45) is 0. The Hall–Kier alpha value is -7.54. The zero-order chi connectivity index (χ0) is 37.9. The van der Waals surface area contributed by atoms with Crippen molar-refractivity contribution in [2.45, 2.75) is 0 Å². The third kappa shape index (κ3) is 4.40. The summed E-state index contributed by atoms with van der Waals surface area (Å²) >= 11 is 0. The molecule has 0 saturated carbocycles. The largest absolute Gasteiger partial charge is 0.0616 e. The minimum atomic E-state index is 1.22. The number of rotatable bonds is 3. The zero-order valence-electron chi connectivity index (χ0n) is 31.6. The van der Waals surface area contributed by atoms with E-state index in [1.807, 2.05) is 0 Å². The first-order chi connectivity index (χ1) is 28.8. The summed E-state index contributed by atoms with van der Waals surface area (Å²) in [5, 5.41) is 23.1. The smallest absolute Gasteiger partial charge is 0.00199 e. The lowest BCUT2D eigenvalue weighted by Crippen LogP contribution is -1.94. The first-order valence-corrected chi connectivity index (χ1v) is 20.3. The van der Waals surface area contributed by atoms with Crippen molar-refractivity contribution < 1.29 is 0 Å². The van der Waals surface area contributed by atoms with Crippen LogP contribution in [-0.4, -0.2) is 0 Å². The lowest BCUT2D eigenvalue weighted by molar-refractivity contribution is 1.67. The number of hydrogen-bond donors (Lipinski definition) is 0. The molecule has 13 aromatic rings. The van der Waals surface area contributed by atoms with Gasteiger partial charge < -0.3 is 0 Å². The van der Waals surface area contributed by atoms with Crippen molar-refractivity contribution in [3.05, 3.63) is 206 Å². The van der Waals surface area contributed by atoms with E-state index in [1.165, 1.54) is 130 Å². The van der Waals surface area contributed by atoms with E-state index in [4.69, 9.17) is 0 Å². The monoisotopic (exact) mass is 730 g/mol. The molecular formula is C58H34. The highest BCUT2D eigenvalue weighted by Crippen LogP contribution is 2.49. The van der Waals surface area contributed by atoms with E-state index in [0.29, 0.717) is 0 Å². The van der Waals surface area contributed by atoms with Gasteiger partial charge in [0.2, 0.25) is 0 Å². The molecule has 0 unspecified atom stereocenters. The van der Waals surface area contributed by atoms with Crippen LogP contribution >= 0.6 is 0 Å². The first-order valence-electron chi connectivity index (χ1n) is 20.3. The summed E-state index contributed by atoms with van der Waals surface area (Å²) in [5.74, 6) is 0. The minimum Gasteiger partial charge on any atom is -0.0616 e. The van der Waals surface area contributed by atoms with Gasteiger partial charge >= 0.3 is 0 Å². The van der Waals surface area contributed by atoms with Gasteiger partial charge in [-0.25, -0.2) is 0 Å². The predicted molar refractivity (Wildman–Crippen MR) is 251 cm³/mol. The lowest BCUT2D eigenvalue weighted by atomic mass is 9.82. The third-order valence-corrected chi connectivity index (χ3v) is 13.0. The maximum atomic E-state index is 2.48. The van der Waals surface area contributed by atoms with Crippen LogP contribution in [0.4, 0.5) is 0 Å². The van der Waals surface area contributed by atoms with Gasteiger partial charge in [-0.05, 0) is 142 Å². The van der Waals surface area contributed by atoms with Crippen molar-refractivity contribution in [1.82, 2.24) is 0 Å². The number of hydrogen-bond acceptors (Lipinski definition) is 0. The summed E-state index contributed by atoms with van der Waals surface area (Å²) in [4.78, 5) is 0. The van der Waals surface area contributed by atoms with E-state index in [0.717, 1.165) is 0 Å². The highest BCUT2D eigenvalue weighted by molar-refractivity contribution is 6.31. The Balaban J connectivity index is 1.18. The van der Waals surface area contributed by atoms with E-state index in [2.05, 4.69) is 206 Å². The molecule has 0 radical (unpaired) electrons. The van der Waals surface area contributed by atoms with Crippen LogP contribution in [0.2, 0.25) is 0 Å². The number of fused-ring (bicyclic) bond motifs is 9. The number of benzene rings is 13. The van der Waals surface area contributed by atoms with E-state index >= 15 is 0 Å². The highest BCUT2D eigenvalue weighted by Gasteiger charge is 2.21. The van der Waals surface area contributed by atoms with Crippen molar-refractivity contribution >= 4 is 97.0 Å². The minimum absolute atomic E-state index is 1.22. The molecule has 0 aliphatic rings. The van der Waals surface area contributed by atoms with Gasteiger partial charge in [0.25, 0.3) is 0 Å². The summed E-state index contributed by atoms with van der Waals surface area (Å²) in [7, 11) is 0. The highest BCUT2D eigenvalue weighted by atomic mass is 14.2. The molecule has 0 heteroatoms. The van der Waals surface area contributed by atoms with Crippen LogP contribution in [0.3, 0.4) is 0 Å². The Kier molecular flexibility index (Phi) is 6.54. The molecule has 13 rings (SSSR count). The van der Waals surface area contributed by atoms with Crippen molar-refractivity contribution in [2.24, 2.45) is 0 Å². The van der Waals surface area contributed by atoms with Gasteiger partial charge in [-0.2, -0.15) is 0 Å². The molecule has 58 heavy (non-hydrogen) atoms. The summed E-state index contributed by atoms with van der Waals surface area (Å²) < 4.78 is 0. The average Bonchev–Trinajstić information content (AvgIpc) is 3.29. The van der Waals surface area contributed by atoms with Crippen LogP contribution in [0.1, 0.15) is 0 Å². The van der Waals surface area contributed by atoms with Gasteiger partial charge in [0.05, 0.1) is 0 Å². The Morgan fingerprint density at radius 1 is 0.190 bits per heavy atom. The van der Waals surface area contributed by atoms with E-state index in [9.17, 15) is 0 Å². The van der Waals surface area contributed by atoms with E-state index < -0.39 is 0 Å². The zero-order valence-corrected chi connectivity index (χ0v) is 31.6. The van der Waals surface area contributed by atoms with E-state index in [-0.39, 0.29) is 0 Å². The van der Waals surface area contributed by atoms with Crippen molar-refractivity contribution in [1.29, 1.82) is 0 Å². The van der Waals surface area contributed by atoms with Gasteiger partial charge in [0, 0.05) is 0 Å². The molecule has 0 bridgehead atoms.